The van der Waals surface area contributed by atoms with E-state index in [1.807, 2.05) is 11.6 Å². The zero-order valence-electron chi connectivity index (χ0n) is 10.3. The number of allylic oxidation sites excluding steroid dienone is 1. The molecule has 0 amide bonds. The first-order chi connectivity index (χ1) is 8.24. The van der Waals surface area contributed by atoms with E-state index >= 15 is 0 Å². The van der Waals surface area contributed by atoms with Crippen LogP contribution < -0.4 is 5.73 Å². The van der Waals surface area contributed by atoms with Crippen LogP contribution in [0.25, 0.3) is 5.57 Å². The van der Waals surface area contributed by atoms with Crippen LogP contribution in [0.4, 0.5) is 0 Å². The van der Waals surface area contributed by atoms with Gasteiger partial charge in [-0.3, -0.25) is 0 Å². The maximum absolute atomic E-state index is 5.65. The molecule has 0 saturated carbocycles. The molecular weight excluding hydrogens is 256 g/mol. The summed E-state index contributed by atoms with van der Waals surface area (Å²) in [6.45, 7) is 2.12. The molecule has 1 heterocycles. The monoisotopic (exact) mass is 274 g/mol. The van der Waals surface area contributed by atoms with E-state index in [1.54, 1.807) is 18.0 Å². The molecule has 0 aliphatic rings. The van der Waals surface area contributed by atoms with Crippen molar-refractivity contribution in [3.63, 3.8) is 0 Å². The highest BCUT2D eigenvalue weighted by Gasteiger charge is 2.12. The fourth-order valence-electron chi connectivity index (χ4n) is 1.48. The molecule has 17 heavy (non-hydrogen) atoms. The molecule has 0 aromatic carbocycles. The van der Waals surface area contributed by atoms with Gasteiger partial charge in [-0.2, -0.15) is 0 Å². The molecule has 0 radical (unpaired) electrons. The molecule has 1 aromatic heterocycles. The fraction of sp³-hybridized carbons (Fsp3) is 0.636. The minimum Gasteiger partial charge on any atom is -0.404 e. The van der Waals surface area contributed by atoms with Crippen LogP contribution in [0.1, 0.15) is 32.0 Å². The largest absolute Gasteiger partial charge is 0.404 e. The molecule has 0 saturated heterocycles. The van der Waals surface area contributed by atoms with Crippen molar-refractivity contribution in [2.75, 3.05) is 11.6 Å². The maximum atomic E-state index is 5.65. The fourth-order valence-corrected chi connectivity index (χ4v) is 2.62. The van der Waals surface area contributed by atoms with Crippen LogP contribution in [0.5, 0.6) is 0 Å². The van der Waals surface area contributed by atoms with Crippen molar-refractivity contribution in [3.8, 4) is 0 Å². The summed E-state index contributed by atoms with van der Waals surface area (Å²) in [6.07, 6.45) is 4.57. The lowest BCUT2D eigenvalue weighted by Crippen LogP contribution is -2.01. The van der Waals surface area contributed by atoms with E-state index in [1.165, 1.54) is 0 Å². The van der Waals surface area contributed by atoms with Crippen LogP contribution >= 0.6 is 23.4 Å². The summed E-state index contributed by atoms with van der Waals surface area (Å²) in [4.78, 5) is 0. The Morgan fingerprint density at radius 1 is 1.53 bits per heavy atom. The molecule has 6 heteroatoms. The van der Waals surface area contributed by atoms with E-state index in [0.717, 1.165) is 41.6 Å². The van der Waals surface area contributed by atoms with E-state index in [2.05, 4.69) is 17.1 Å². The summed E-state index contributed by atoms with van der Waals surface area (Å²) in [5.74, 6) is 2.51. The van der Waals surface area contributed by atoms with Gasteiger partial charge in [-0.25, -0.2) is 0 Å². The minimum absolute atomic E-state index is 0.682. The lowest BCUT2D eigenvalue weighted by atomic mass is 10.1. The highest BCUT2D eigenvalue weighted by Crippen LogP contribution is 2.22. The summed E-state index contributed by atoms with van der Waals surface area (Å²) in [7, 11) is 1.97. The second kappa shape index (κ2) is 7.61. The Morgan fingerprint density at radius 2 is 2.29 bits per heavy atom. The molecule has 0 aliphatic heterocycles. The zero-order valence-corrected chi connectivity index (χ0v) is 11.9. The molecule has 0 fully saturated rings. The quantitative estimate of drug-likeness (QED) is 0.472. The Hall–Kier alpha value is -0.680. The zero-order chi connectivity index (χ0) is 12.7. The molecule has 4 nitrogen and oxygen atoms in total. The van der Waals surface area contributed by atoms with Crippen molar-refractivity contribution >= 4 is 28.9 Å². The van der Waals surface area contributed by atoms with Gasteiger partial charge in [0.25, 0.3) is 0 Å². The first kappa shape index (κ1) is 14.4. The number of nitrogens with zero attached hydrogens (tertiary/aromatic N) is 3. The van der Waals surface area contributed by atoms with Gasteiger partial charge in [0.05, 0.1) is 0 Å². The minimum atomic E-state index is 0.682. The Kier molecular flexibility index (Phi) is 6.44. The third-order valence-corrected chi connectivity index (χ3v) is 3.73. The van der Waals surface area contributed by atoms with Gasteiger partial charge in [0.2, 0.25) is 0 Å². The average Bonchev–Trinajstić information content (AvgIpc) is 2.69. The first-order valence-electron chi connectivity index (χ1n) is 5.73. The predicted molar refractivity (Wildman–Crippen MR) is 74.1 cm³/mol. The number of rotatable bonds is 7. The summed E-state index contributed by atoms with van der Waals surface area (Å²) in [5.41, 5.74) is 6.67. The summed E-state index contributed by atoms with van der Waals surface area (Å²) >= 11 is 7.32. The van der Waals surface area contributed by atoms with Gasteiger partial charge in [-0.1, -0.05) is 25.1 Å². The molecular formula is C11H19ClN4S. The van der Waals surface area contributed by atoms with Crippen molar-refractivity contribution < 1.29 is 0 Å². The lowest BCUT2D eigenvalue weighted by molar-refractivity contribution is 0.773. The van der Waals surface area contributed by atoms with E-state index in [-0.39, 0.29) is 0 Å². The topological polar surface area (TPSA) is 56.7 Å². The van der Waals surface area contributed by atoms with E-state index in [4.69, 9.17) is 17.3 Å². The van der Waals surface area contributed by atoms with Gasteiger partial charge in [-0.05, 0) is 12.8 Å². The van der Waals surface area contributed by atoms with Crippen molar-refractivity contribution in [3.05, 3.63) is 12.0 Å². The third-order valence-electron chi connectivity index (χ3n) is 2.35. The van der Waals surface area contributed by atoms with Crippen LogP contribution in [-0.2, 0) is 7.05 Å². The lowest BCUT2D eigenvalue weighted by Gasteiger charge is -2.05. The number of hydrogen-bond donors (Lipinski definition) is 1. The number of hydrogen-bond acceptors (Lipinski definition) is 4. The molecule has 96 valence electrons. The van der Waals surface area contributed by atoms with Crippen molar-refractivity contribution in [1.82, 2.24) is 14.8 Å². The maximum Gasteiger partial charge on any atom is 0.191 e. The molecule has 1 rings (SSSR count). The van der Waals surface area contributed by atoms with Crippen LogP contribution in [0.3, 0.4) is 0 Å². The van der Waals surface area contributed by atoms with E-state index in [0.29, 0.717) is 5.88 Å². The molecule has 0 unspecified atom stereocenters. The number of nitrogens with two attached hydrogens (primary N) is 1. The van der Waals surface area contributed by atoms with Crippen LogP contribution in [0, 0.1) is 0 Å². The second-order valence-corrected chi connectivity index (χ2v) is 5.14. The van der Waals surface area contributed by atoms with Gasteiger partial charge < -0.3 is 10.3 Å². The molecule has 0 aliphatic carbocycles. The van der Waals surface area contributed by atoms with Crippen molar-refractivity contribution in [2.45, 2.75) is 31.3 Å². The standard InChI is InChI=1S/C11H19ClN4S/c1-3-5-9(8-13)10-14-15-11(16(10)2)17-7-4-6-12/h8H,3-7,13H2,1-2H3/b9-8+. The molecule has 1 aromatic rings. The smallest absolute Gasteiger partial charge is 0.191 e. The normalized spacial score (nSPS) is 12.1. The third kappa shape index (κ3) is 3.92. The van der Waals surface area contributed by atoms with Crippen LogP contribution in [0.15, 0.2) is 11.4 Å². The van der Waals surface area contributed by atoms with E-state index < -0.39 is 0 Å². The highest BCUT2D eigenvalue weighted by atomic mass is 35.5. The second-order valence-electron chi connectivity index (χ2n) is 3.70. The van der Waals surface area contributed by atoms with Crippen molar-refractivity contribution in [1.29, 1.82) is 0 Å². The molecule has 2 N–H and O–H groups in total. The Labute approximate surface area is 112 Å². The number of halogens is 1. The number of alkyl halides is 1. The summed E-state index contributed by atoms with van der Waals surface area (Å²) in [5, 5.41) is 9.29. The Bertz CT molecular complexity index is 376. The summed E-state index contributed by atoms with van der Waals surface area (Å²) < 4.78 is 1.99. The van der Waals surface area contributed by atoms with Gasteiger partial charge >= 0.3 is 0 Å². The summed E-state index contributed by atoms with van der Waals surface area (Å²) in [6, 6.07) is 0. The van der Waals surface area contributed by atoms with Gasteiger partial charge in [-0.15, -0.1) is 21.8 Å². The average molecular weight is 275 g/mol. The van der Waals surface area contributed by atoms with Gasteiger partial charge in [0.15, 0.2) is 11.0 Å². The Morgan fingerprint density at radius 3 is 2.88 bits per heavy atom. The SMILES string of the molecule is CCC/C(=C\N)c1nnc(SCCCCl)n1C. The predicted octanol–water partition coefficient (Wildman–Crippen LogP) is 2.64. The van der Waals surface area contributed by atoms with Crippen molar-refractivity contribution in [2.24, 2.45) is 12.8 Å². The molecule has 0 bridgehead atoms. The first-order valence-corrected chi connectivity index (χ1v) is 7.25. The van der Waals surface area contributed by atoms with Crippen LogP contribution in [-0.4, -0.2) is 26.4 Å². The van der Waals surface area contributed by atoms with E-state index in [9.17, 15) is 0 Å². The molecule has 0 atom stereocenters. The van der Waals surface area contributed by atoms with Crippen LogP contribution in [0.2, 0.25) is 0 Å². The van der Waals surface area contributed by atoms with Gasteiger partial charge in [0, 0.05) is 30.5 Å². The number of aromatic nitrogens is 3. The Balaban J connectivity index is 2.75. The van der Waals surface area contributed by atoms with Gasteiger partial charge in [0.1, 0.15) is 0 Å². The highest BCUT2D eigenvalue weighted by molar-refractivity contribution is 7.99. The molecule has 0 spiro atoms. The number of thioether (sulfide) groups is 1.